The number of rotatable bonds is 5. The molecule has 150 valence electrons. The molecular formula is C21H21FN4O3. The average molecular weight is 396 g/mol. The molecule has 4 rings (SSSR count). The molecule has 1 atom stereocenters. The van der Waals surface area contributed by atoms with Crippen LogP contribution in [-0.2, 0) is 34.8 Å². The van der Waals surface area contributed by atoms with Crippen molar-refractivity contribution < 1.29 is 18.8 Å². The standard InChI is InChI=1S/C21H21FN4O3/c1-21(16-4-6-17(22)7-5-16)19(28)26(20(29)25-21)12-18(27)24-9-13-2-3-14-10-23-11-15(14)8-13/h2-8,23H,9-12H2,1H3,(H,24,27)(H,25,29). The number of amides is 4. The molecule has 2 aliphatic heterocycles. The van der Waals surface area contributed by atoms with E-state index in [1.54, 1.807) is 0 Å². The zero-order valence-electron chi connectivity index (χ0n) is 15.9. The summed E-state index contributed by atoms with van der Waals surface area (Å²) >= 11 is 0. The third-order valence-electron chi connectivity index (χ3n) is 5.39. The second kappa shape index (κ2) is 7.29. The molecule has 0 aromatic heterocycles. The normalized spacial score (nSPS) is 20.6. The molecule has 0 spiro atoms. The minimum absolute atomic E-state index is 0.311. The van der Waals surface area contributed by atoms with E-state index < -0.39 is 29.2 Å². The van der Waals surface area contributed by atoms with Crippen molar-refractivity contribution in [3.05, 3.63) is 70.5 Å². The number of nitrogens with zero attached hydrogens (tertiary/aromatic N) is 1. The van der Waals surface area contributed by atoms with Gasteiger partial charge < -0.3 is 16.0 Å². The van der Waals surface area contributed by atoms with Crippen molar-refractivity contribution in [1.29, 1.82) is 0 Å². The Hall–Kier alpha value is -3.26. The van der Waals surface area contributed by atoms with Gasteiger partial charge in [0.15, 0.2) is 0 Å². The fourth-order valence-corrected chi connectivity index (χ4v) is 3.68. The van der Waals surface area contributed by atoms with E-state index in [4.69, 9.17) is 0 Å². The molecule has 2 aromatic rings. The number of hydrogen-bond donors (Lipinski definition) is 3. The van der Waals surface area contributed by atoms with Crippen LogP contribution in [0.3, 0.4) is 0 Å². The van der Waals surface area contributed by atoms with E-state index in [0.717, 1.165) is 23.6 Å². The first-order valence-corrected chi connectivity index (χ1v) is 9.35. The van der Waals surface area contributed by atoms with Gasteiger partial charge in [-0.1, -0.05) is 30.3 Å². The molecule has 2 heterocycles. The summed E-state index contributed by atoms with van der Waals surface area (Å²) in [5.74, 6) is -1.42. The van der Waals surface area contributed by atoms with Gasteiger partial charge in [0.2, 0.25) is 5.91 Å². The molecule has 8 heteroatoms. The Kier molecular flexibility index (Phi) is 4.79. The van der Waals surface area contributed by atoms with Crippen LogP contribution >= 0.6 is 0 Å². The van der Waals surface area contributed by atoms with E-state index >= 15 is 0 Å². The number of urea groups is 1. The minimum Gasteiger partial charge on any atom is -0.350 e. The van der Waals surface area contributed by atoms with Crippen LogP contribution in [0.5, 0.6) is 0 Å². The largest absolute Gasteiger partial charge is 0.350 e. The van der Waals surface area contributed by atoms with Crippen molar-refractivity contribution in [1.82, 2.24) is 20.9 Å². The Morgan fingerprint density at radius 3 is 2.62 bits per heavy atom. The summed E-state index contributed by atoms with van der Waals surface area (Å²) in [5, 5.41) is 8.62. The van der Waals surface area contributed by atoms with Gasteiger partial charge in [0, 0.05) is 19.6 Å². The van der Waals surface area contributed by atoms with Crippen LogP contribution in [-0.4, -0.2) is 29.3 Å². The third-order valence-corrected chi connectivity index (χ3v) is 5.39. The SMILES string of the molecule is CC1(c2ccc(F)cc2)NC(=O)N(CC(=O)NCc2ccc3c(c2)CNC3)C1=O. The number of imide groups is 1. The van der Waals surface area contributed by atoms with Gasteiger partial charge in [-0.25, -0.2) is 9.18 Å². The highest BCUT2D eigenvalue weighted by atomic mass is 19.1. The van der Waals surface area contributed by atoms with Gasteiger partial charge in [-0.15, -0.1) is 0 Å². The van der Waals surface area contributed by atoms with Crippen LogP contribution in [0.4, 0.5) is 9.18 Å². The second-order valence-electron chi connectivity index (χ2n) is 7.44. The Bertz CT molecular complexity index is 992. The maximum atomic E-state index is 13.2. The van der Waals surface area contributed by atoms with Crippen molar-refractivity contribution in [2.24, 2.45) is 0 Å². The highest BCUT2D eigenvalue weighted by molar-refractivity contribution is 6.09. The van der Waals surface area contributed by atoms with Crippen molar-refractivity contribution in [3.63, 3.8) is 0 Å². The minimum atomic E-state index is -1.34. The average Bonchev–Trinajstić information content (AvgIpc) is 3.25. The van der Waals surface area contributed by atoms with E-state index in [-0.39, 0.29) is 6.54 Å². The van der Waals surface area contributed by atoms with E-state index in [1.807, 2.05) is 18.2 Å². The van der Waals surface area contributed by atoms with Crippen LogP contribution in [0.15, 0.2) is 42.5 Å². The quantitative estimate of drug-likeness (QED) is 0.669. The Labute approximate surface area is 167 Å². The lowest BCUT2D eigenvalue weighted by molar-refractivity contribution is -0.134. The van der Waals surface area contributed by atoms with Gasteiger partial charge in [0.05, 0.1) is 0 Å². The summed E-state index contributed by atoms with van der Waals surface area (Å²) < 4.78 is 13.2. The fourth-order valence-electron chi connectivity index (χ4n) is 3.68. The zero-order valence-corrected chi connectivity index (χ0v) is 15.9. The van der Waals surface area contributed by atoms with Crippen molar-refractivity contribution in [2.45, 2.75) is 32.1 Å². The number of benzene rings is 2. The number of carbonyl (C=O) groups excluding carboxylic acids is 3. The van der Waals surface area contributed by atoms with Crippen LogP contribution in [0.1, 0.15) is 29.2 Å². The number of halogens is 1. The van der Waals surface area contributed by atoms with Gasteiger partial charge in [-0.3, -0.25) is 14.5 Å². The third kappa shape index (κ3) is 3.58. The Morgan fingerprint density at radius 1 is 1.14 bits per heavy atom. The molecule has 29 heavy (non-hydrogen) atoms. The molecule has 2 aromatic carbocycles. The summed E-state index contributed by atoms with van der Waals surface area (Å²) in [7, 11) is 0. The Morgan fingerprint density at radius 2 is 1.86 bits per heavy atom. The van der Waals surface area contributed by atoms with E-state index in [9.17, 15) is 18.8 Å². The van der Waals surface area contributed by atoms with Crippen molar-refractivity contribution in [3.8, 4) is 0 Å². The number of nitrogens with one attached hydrogen (secondary N) is 3. The summed E-state index contributed by atoms with van der Waals surface area (Å²) in [6, 6.07) is 10.7. The molecule has 1 unspecified atom stereocenters. The summed E-state index contributed by atoms with van der Waals surface area (Å²) in [4.78, 5) is 38.4. The number of carbonyl (C=O) groups is 3. The molecule has 3 N–H and O–H groups in total. The lowest BCUT2D eigenvalue weighted by Gasteiger charge is -2.22. The fraction of sp³-hybridized carbons (Fsp3) is 0.286. The second-order valence-corrected chi connectivity index (χ2v) is 7.44. The first-order chi connectivity index (χ1) is 13.9. The van der Waals surface area contributed by atoms with Gasteiger partial charge in [-0.05, 0) is 41.3 Å². The topological polar surface area (TPSA) is 90.5 Å². The van der Waals surface area contributed by atoms with E-state index in [0.29, 0.717) is 12.1 Å². The lowest BCUT2D eigenvalue weighted by atomic mass is 9.92. The smallest absolute Gasteiger partial charge is 0.325 e. The van der Waals surface area contributed by atoms with Gasteiger partial charge in [0.1, 0.15) is 17.9 Å². The van der Waals surface area contributed by atoms with Crippen LogP contribution < -0.4 is 16.0 Å². The van der Waals surface area contributed by atoms with Crippen molar-refractivity contribution >= 4 is 17.8 Å². The van der Waals surface area contributed by atoms with E-state index in [1.165, 1.54) is 42.3 Å². The lowest BCUT2D eigenvalue weighted by Crippen LogP contribution is -2.43. The van der Waals surface area contributed by atoms with Crippen LogP contribution in [0.2, 0.25) is 0 Å². The molecule has 0 saturated carbocycles. The maximum Gasteiger partial charge on any atom is 0.325 e. The van der Waals surface area contributed by atoms with Gasteiger partial charge in [-0.2, -0.15) is 0 Å². The molecule has 0 bridgehead atoms. The number of fused-ring (bicyclic) bond motifs is 1. The van der Waals surface area contributed by atoms with Crippen LogP contribution in [0, 0.1) is 5.82 Å². The highest BCUT2D eigenvalue weighted by Crippen LogP contribution is 2.28. The van der Waals surface area contributed by atoms with Crippen LogP contribution in [0.25, 0.3) is 0 Å². The highest BCUT2D eigenvalue weighted by Gasteiger charge is 2.49. The van der Waals surface area contributed by atoms with Crippen molar-refractivity contribution in [2.75, 3.05) is 6.54 Å². The first-order valence-electron chi connectivity index (χ1n) is 9.35. The molecule has 2 aliphatic rings. The summed E-state index contributed by atoms with van der Waals surface area (Å²) in [6.07, 6.45) is 0. The predicted molar refractivity (Wildman–Crippen MR) is 103 cm³/mol. The predicted octanol–water partition coefficient (Wildman–Crippen LogP) is 1.51. The van der Waals surface area contributed by atoms with Gasteiger partial charge >= 0.3 is 6.03 Å². The maximum absolute atomic E-state index is 13.2. The first kappa shape index (κ1) is 19.1. The monoisotopic (exact) mass is 396 g/mol. The zero-order chi connectivity index (χ0) is 20.6. The summed E-state index contributed by atoms with van der Waals surface area (Å²) in [5.41, 5.74) is 2.53. The molecule has 4 amide bonds. The molecular weight excluding hydrogens is 375 g/mol. The van der Waals surface area contributed by atoms with E-state index in [2.05, 4.69) is 16.0 Å². The molecule has 7 nitrogen and oxygen atoms in total. The molecule has 0 radical (unpaired) electrons. The molecule has 1 saturated heterocycles. The van der Waals surface area contributed by atoms with Gasteiger partial charge in [0.25, 0.3) is 5.91 Å². The number of hydrogen-bond acceptors (Lipinski definition) is 4. The molecule has 0 aliphatic carbocycles. The molecule has 1 fully saturated rings. The summed E-state index contributed by atoms with van der Waals surface area (Å²) in [6.45, 7) is 3.12. The Balaban J connectivity index is 1.39.